The highest BCUT2D eigenvalue weighted by Gasteiger charge is 2.52. The third-order valence-electron chi connectivity index (χ3n) is 7.73. The molecule has 0 unspecified atom stereocenters. The van der Waals surface area contributed by atoms with Crippen molar-refractivity contribution < 1.29 is 19.2 Å². The lowest BCUT2D eigenvalue weighted by Gasteiger charge is -2.57. The Morgan fingerprint density at radius 3 is 2.61 bits per heavy atom. The van der Waals surface area contributed by atoms with E-state index in [2.05, 4.69) is 22.3 Å². The molecule has 1 spiro atoms. The number of benzene rings is 1. The molecule has 0 bridgehead atoms. The van der Waals surface area contributed by atoms with Gasteiger partial charge in [0.15, 0.2) is 0 Å². The number of carbonyl (C=O) groups is 1. The van der Waals surface area contributed by atoms with Gasteiger partial charge in [-0.25, -0.2) is 4.79 Å². The number of hydrogen-bond acceptors (Lipinski definition) is 5. The monoisotopic (exact) mass is 524 g/mol. The predicted octanol–water partition coefficient (Wildman–Crippen LogP) is 7.52. The Labute approximate surface area is 219 Å². The molecule has 2 heterocycles. The van der Waals surface area contributed by atoms with Gasteiger partial charge >= 0.3 is 5.97 Å². The molecule has 0 aliphatic heterocycles. The van der Waals surface area contributed by atoms with E-state index in [1.54, 1.807) is 30.6 Å². The average Bonchev–Trinajstić information content (AvgIpc) is 3.57. The number of aromatic nitrogens is 2. The molecule has 36 heavy (non-hydrogen) atoms. The van der Waals surface area contributed by atoms with E-state index in [9.17, 15) is 4.79 Å². The second-order valence-electron chi connectivity index (χ2n) is 10.5. The Morgan fingerprint density at radius 2 is 1.92 bits per heavy atom. The van der Waals surface area contributed by atoms with E-state index >= 15 is 0 Å². The van der Waals surface area contributed by atoms with Crippen LogP contribution in [0.3, 0.4) is 0 Å². The van der Waals surface area contributed by atoms with Crippen molar-refractivity contribution in [2.75, 3.05) is 6.61 Å². The number of ether oxygens (including phenoxy) is 1. The highest BCUT2D eigenvalue weighted by Crippen LogP contribution is 2.61. The lowest BCUT2D eigenvalue weighted by molar-refractivity contribution is -0.0657. The molecule has 3 aliphatic carbocycles. The van der Waals surface area contributed by atoms with E-state index in [1.807, 2.05) is 6.07 Å². The van der Waals surface area contributed by atoms with Gasteiger partial charge < -0.3 is 14.4 Å². The molecular formula is C28H26Cl2N2O4. The molecule has 186 valence electrons. The van der Waals surface area contributed by atoms with Crippen molar-refractivity contribution in [3.05, 3.63) is 69.7 Å². The SMILES string of the molecule is O=C(O)c1cccc(OCC2CC3(CC(/C=C/c4c(-c5c(Cl)cncc5Cl)noc4C4CC4)C3)C2)c1. The minimum absolute atomic E-state index is 0.250. The van der Waals surface area contributed by atoms with Crippen molar-refractivity contribution in [3.8, 4) is 17.0 Å². The largest absolute Gasteiger partial charge is 0.493 e. The number of hydrogen-bond donors (Lipinski definition) is 1. The molecule has 2 aromatic heterocycles. The fraction of sp³-hybridized carbons (Fsp3) is 0.393. The minimum atomic E-state index is -0.939. The maximum absolute atomic E-state index is 11.1. The van der Waals surface area contributed by atoms with Crippen molar-refractivity contribution in [3.63, 3.8) is 0 Å². The van der Waals surface area contributed by atoms with Gasteiger partial charge in [-0.3, -0.25) is 4.98 Å². The summed E-state index contributed by atoms with van der Waals surface area (Å²) < 4.78 is 11.6. The Hall–Kier alpha value is -2.83. The number of allylic oxidation sites excluding steroid dienone is 1. The molecule has 0 atom stereocenters. The molecule has 1 aromatic carbocycles. The van der Waals surface area contributed by atoms with Gasteiger partial charge in [-0.05, 0) is 74.0 Å². The van der Waals surface area contributed by atoms with Crippen LogP contribution in [0, 0.1) is 17.3 Å². The number of nitrogens with zero attached hydrogens (tertiary/aromatic N) is 2. The summed E-state index contributed by atoms with van der Waals surface area (Å²) in [6.45, 7) is 0.633. The summed E-state index contributed by atoms with van der Waals surface area (Å²) in [5, 5.41) is 14.4. The topological polar surface area (TPSA) is 85.5 Å². The smallest absolute Gasteiger partial charge is 0.335 e. The average molecular weight is 525 g/mol. The number of rotatable bonds is 8. The van der Waals surface area contributed by atoms with Crippen molar-refractivity contribution in [2.45, 2.75) is 44.4 Å². The van der Waals surface area contributed by atoms with Crippen molar-refractivity contribution in [1.82, 2.24) is 10.1 Å². The third kappa shape index (κ3) is 4.53. The summed E-state index contributed by atoms with van der Waals surface area (Å²) in [4.78, 5) is 15.2. The second kappa shape index (κ2) is 9.24. The van der Waals surface area contributed by atoms with E-state index in [0.29, 0.717) is 56.8 Å². The zero-order chi connectivity index (χ0) is 24.9. The molecule has 1 N–H and O–H groups in total. The Bertz CT molecular complexity index is 1310. The van der Waals surface area contributed by atoms with Gasteiger partial charge in [0.1, 0.15) is 17.2 Å². The Balaban J connectivity index is 1.07. The van der Waals surface area contributed by atoms with Crippen LogP contribution in [0.2, 0.25) is 10.0 Å². The molecule has 3 aromatic rings. The maximum atomic E-state index is 11.1. The van der Waals surface area contributed by atoms with Gasteiger partial charge in [0.25, 0.3) is 0 Å². The number of halogens is 2. The second-order valence-corrected chi connectivity index (χ2v) is 11.3. The van der Waals surface area contributed by atoms with Crippen LogP contribution in [0.25, 0.3) is 17.3 Å². The molecule has 0 amide bonds. The fourth-order valence-electron chi connectivity index (χ4n) is 5.90. The van der Waals surface area contributed by atoms with Gasteiger partial charge in [-0.2, -0.15) is 0 Å². The molecule has 3 saturated carbocycles. The summed E-state index contributed by atoms with van der Waals surface area (Å²) >= 11 is 12.8. The number of aromatic carboxylic acids is 1. The molecule has 3 fully saturated rings. The molecule has 0 radical (unpaired) electrons. The maximum Gasteiger partial charge on any atom is 0.335 e. The van der Waals surface area contributed by atoms with Crippen LogP contribution in [0.4, 0.5) is 0 Å². The lowest BCUT2D eigenvalue weighted by Crippen LogP contribution is -2.48. The number of carboxylic acid groups (broad SMARTS) is 1. The third-order valence-corrected chi connectivity index (χ3v) is 8.30. The molecule has 3 aliphatic rings. The summed E-state index contributed by atoms with van der Waals surface area (Å²) in [5.41, 5.74) is 3.01. The van der Waals surface area contributed by atoms with Gasteiger partial charge in [0.05, 0.1) is 22.2 Å². The van der Waals surface area contributed by atoms with Crippen LogP contribution in [0.1, 0.15) is 66.1 Å². The summed E-state index contributed by atoms with van der Waals surface area (Å²) in [6.07, 6.45) is 14.5. The van der Waals surface area contributed by atoms with Crippen LogP contribution in [-0.2, 0) is 0 Å². The standard InChI is InChI=1S/C28H26Cl2N2O4/c29-22-13-31-14-23(30)24(22)25-21(26(36-32-25)18-5-6-18)7-4-16-9-28(10-16)11-17(12-28)15-35-20-3-1-2-19(8-20)27(33)34/h1-4,7-8,13-14,16-18H,5-6,9-12,15H2,(H,33,34)/b7-4+. The van der Waals surface area contributed by atoms with E-state index in [4.69, 9.17) is 37.6 Å². The van der Waals surface area contributed by atoms with Gasteiger partial charge in [-0.15, -0.1) is 0 Å². The first-order chi connectivity index (χ1) is 17.4. The van der Waals surface area contributed by atoms with Crippen molar-refractivity contribution in [2.24, 2.45) is 17.3 Å². The predicted molar refractivity (Wildman–Crippen MR) is 138 cm³/mol. The normalized spacial score (nSPS) is 25.1. The van der Waals surface area contributed by atoms with Gasteiger partial charge in [0.2, 0.25) is 0 Å². The van der Waals surface area contributed by atoms with Gasteiger partial charge in [-0.1, -0.05) is 46.6 Å². The van der Waals surface area contributed by atoms with Crippen LogP contribution >= 0.6 is 23.2 Å². The van der Waals surface area contributed by atoms with Gasteiger partial charge in [0, 0.05) is 29.4 Å². The molecule has 6 nitrogen and oxygen atoms in total. The van der Waals surface area contributed by atoms with E-state index in [0.717, 1.165) is 37.0 Å². The fourth-order valence-corrected chi connectivity index (χ4v) is 6.44. The number of pyridine rings is 1. The van der Waals surface area contributed by atoms with E-state index in [-0.39, 0.29) is 5.56 Å². The number of carboxylic acids is 1. The summed E-state index contributed by atoms with van der Waals surface area (Å²) in [6, 6.07) is 6.69. The van der Waals surface area contributed by atoms with Crippen molar-refractivity contribution in [1.29, 1.82) is 0 Å². The quantitative estimate of drug-likeness (QED) is 0.328. The van der Waals surface area contributed by atoms with Crippen LogP contribution < -0.4 is 4.74 Å². The highest BCUT2D eigenvalue weighted by molar-refractivity contribution is 6.39. The Morgan fingerprint density at radius 1 is 1.17 bits per heavy atom. The lowest BCUT2D eigenvalue weighted by atomic mass is 9.48. The molecule has 0 saturated heterocycles. The minimum Gasteiger partial charge on any atom is -0.493 e. The van der Waals surface area contributed by atoms with Crippen LogP contribution in [0.5, 0.6) is 5.75 Å². The molecule has 6 rings (SSSR count). The highest BCUT2D eigenvalue weighted by atomic mass is 35.5. The zero-order valence-electron chi connectivity index (χ0n) is 19.6. The summed E-state index contributed by atoms with van der Waals surface area (Å²) in [5.74, 6) is 2.07. The van der Waals surface area contributed by atoms with Crippen molar-refractivity contribution >= 4 is 35.2 Å². The first-order valence-corrected chi connectivity index (χ1v) is 13.1. The zero-order valence-corrected chi connectivity index (χ0v) is 21.1. The molecular weight excluding hydrogens is 499 g/mol. The van der Waals surface area contributed by atoms with Crippen LogP contribution in [-0.4, -0.2) is 27.8 Å². The van der Waals surface area contributed by atoms with E-state index in [1.165, 1.54) is 12.8 Å². The first kappa shape index (κ1) is 23.6. The van der Waals surface area contributed by atoms with E-state index < -0.39 is 5.97 Å². The summed E-state index contributed by atoms with van der Waals surface area (Å²) in [7, 11) is 0. The van der Waals surface area contributed by atoms with Crippen LogP contribution in [0.15, 0.2) is 47.3 Å². The molecule has 8 heteroatoms. The Kier molecular flexibility index (Phi) is 6.05. The first-order valence-electron chi connectivity index (χ1n) is 12.3.